The molecule has 0 saturated heterocycles. The summed E-state index contributed by atoms with van der Waals surface area (Å²) in [5, 5.41) is 16.6. The number of halogens is 2. The molecule has 0 radical (unpaired) electrons. The standard InChI is InChI=1S/C13H15ClFN5O3/c1-3-23-13-18-7(2)10(20(21)22)12(19-13)17-6-8-4-9(15)11(14)16-5-8/h4,16H,3,5-6H2,1-2H3,(H,17,18,19). The summed E-state index contributed by atoms with van der Waals surface area (Å²) in [6.45, 7) is 4.07. The number of hydrogen-bond donors (Lipinski definition) is 2. The van der Waals surface area contributed by atoms with Crippen LogP contribution < -0.4 is 15.4 Å². The van der Waals surface area contributed by atoms with E-state index in [1.807, 2.05) is 0 Å². The van der Waals surface area contributed by atoms with Crippen LogP contribution in [0, 0.1) is 17.0 Å². The average molecular weight is 344 g/mol. The van der Waals surface area contributed by atoms with Crippen molar-refractivity contribution in [3.8, 4) is 6.01 Å². The van der Waals surface area contributed by atoms with Crippen LogP contribution in [0.25, 0.3) is 0 Å². The van der Waals surface area contributed by atoms with Gasteiger partial charge in [-0.25, -0.2) is 4.39 Å². The van der Waals surface area contributed by atoms with Crippen molar-refractivity contribution in [3.05, 3.63) is 38.4 Å². The van der Waals surface area contributed by atoms with E-state index in [4.69, 9.17) is 16.3 Å². The lowest BCUT2D eigenvalue weighted by Crippen LogP contribution is -2.23. The first-order valence-electron chi connectivity index (χ1n) is 6.80. The van der Waals surface area contributed by atoms with Crippen LogP contribution in [0.2, 0.25) is 0 Å². The Kier molecular flexibility index (Phi) is 5.32. The van der Waals surface area contributed by atoms with E-state index in [0.717, 1.165) is 0 Å². The number of nitrogens with zero attached hydrogens (tertiary/aromatic N) is 3. The molecule has 0 spiro atoms. The second-order valence-electron chi connectivity index (χ2n) is 4.65. The SMILES string of the molecule is CCOc1nc(C)c([N+](=O)[O-])c(NCC2=CC(F)=C(Cl)NC2)n1. The van der Waals surface area contributed by atoms with Crippen molar-refractivity contribution in [3.63, 3.8) is 0 Å². The molecule has 0 aromatic carbocycles. The van der Waals surface area contributed by atoms with Gasteiger partial charge in [0, 0.05) is 13.1 Å². The normalized spacial score (nSPS) is 14.2. The van der Waals surface area contributed by atoms with Gasteiger partial charge in [-0.05, 0) is 25.5 Å². The van der Waals surface area contributed by atoms with Crippen LogP contribution >= 0.6 is 11.6 Å². The van der Waals surface area contributed by atoms with Gasteiger partial charge >= 0.3 is 11.7 Å². The molecule has 2 rings (SSSR count). The topological polar surface area (TPSA) is 102 Å². The number of nitrogens with one attached hydrogen (secondary N) is 2. The monoisotopic (exact) mass is 343 g/mol. The summed E-state index contributed by atoms with van der Waals surface area (Å²) in [6, 6.07) is 0.0444. The van der Waals surface area contributed by atoms with E-state index in [9.17, 15) is 14.5 Å². The summed E-state index contributed by atoms with van der Waals surface area (Å²) in [4.78, 5) is 18.6. The van der Waals surface area contributed by atoms with E-state index in [1.54, 1.807) is 6.92 Å². The Hall–Kier alpha value is -2.42. The maximum absolute atomic E-state index is 13.4. The lowest BCUT2D eigenvalue weighted by Gasteiger charge is -2.16. The molecule has 2 heterocycles. The van der Waals surface area contributed by atoms with Crippen molar-refractivity contribution in [2.45, 2.75) is 13.8 Å². The molecule has 23 heavy (non-hydrogen) atoms. The lowest BCUT2D eigenvalue weighted by atomic mass is 10.2. The number of ether oxygens (including phenoxy) is 1. The summed E-state index contributed by atoms with van der Waals surface area (Å²) < 4.78 is 18.6. The molecule has 1 aromatic rings. The molecular weight excluding hydrogens is 329 g/mol. The van der Waals surface area contributed by atoms with E-state index >= 15 is 0 Å². The third-order valence-corrected chi connectivity index (χ3v) is 3.30. The van der Waals surface area contributed by atoms with Gasteiger partial charge in [-0.2, -0.15) is 9.97 Å². The number of rotatable bonds is 6. The number of aromatic nitrogens is 2. The van der Waals surface area contributed by atoms with Crippen molar-refractivity contribution in [2.75, 3.05) is 25.0 Å². The zero-order valence-electron chi connectivity index (χ0n) is 12.5. The second-order valence-corrected chi connectivity index (χ2v) is 5.03. The van der Waals surface area contributed by atoms with Gasteiger partial charge in [0.1, 0.15) is 10.9 Å². The van der Waals surface area contributed by atoms with Crippen molar-refractivity contribution >= 4 is 23.1 Å². The molecule has 1 aromatic heterocycles. The van der Waals surface area contributed by atoms with E-state index < -0.39 is 10.8 Å². The lowest BCUT2D eigenvalue weighted by molar-refractivity contribution is -0.385. The highest BCUT2D eigenvalue weighted by atomic mass is 35.5. The zero-order valence-corrected chi connectivity index (χ0v) is 13.3. The summed E-state index contributed by atoms with van der Waals surface area (Å²) >= 11 is 5.59. The van der Waals surface area contributed by atoms with Gasteiger partial charge < -0.3 is 15.4 Å². The Bertz CT molecular complexity index is 692. The number of dihydropyridines is 1. The molecule has 8 nitrogen and oxygen atoms in total. The molecule has 0 saturated carbocycles. The minimum atomic E-state index is -0.585. The maximum Gasteiger partial charge on any atom is 0.332 e. The Morgan fingerprint density at radius 2 is 2.30 bits per heavy atom. The molecule has 124 valence electrons. The first-order valence-corrected chi connectivity index (χ1v) is 7.18. The van der Waals surface area contributed by atoms with E-state index in [1.165, 1.54) is 13.0 Å². The van der Waals surface area contributed by atoms with Crippen LogP contribution in [0.4, 0.5) is 15.9 Å². The Labute approximate surface area is 136 Å². The Morgan fingerprint density at radius 3 is 2.91 bits per heavy atom. The third-order valence-electron chi connectivity index (χ3n) is 2.99. The summed E-state index contributed by atoms with van der Waals surface area (Å²) in [6.07, 6.45) is 1.27. The molecule has 0 unspecified atom stereocenters. The van der Waals surface area contributed by atoms with Crippen molar-refractivity contribution in [2.24, 2.45) is 0 Å². The summed E-state index contributed by atoms with van der Waals surface area (Å²) in [7, 11) is 0. The summed E-state index contributed by atoms with van der Waals surface area (Å²) in [5.41, 5.74) is 0.572. The van der Waals surface area contributed by atoms with E-state index in [-0.39, 0.29) is 34.9 Å². The van der Waals surface area contributed by atoms with E-state index in [0.29, 0.717) is 18.7 Å². The molecule has 0 amide bonds. The number of anilines is 1. The molecule has 0 aliphatic carbocycles. The van der Waals surface area contributed by atoms with Gasteiger partial charge in [-0.1, -0.05) is 11.6 Å². The highest BCUT2D eigenvalue weighted by Crippen LogP contribution is 2.27. The fourth-order valence-corrected chi connectivity index (χ4v) is 2.08. The molecule has 0 fully saturated rings. The van der Waals surface area contributed by atoms with Gasteiger partial charge in [0.25, 0.3) is 0 Å². The molecule has 1 aliphatic rings. The molecule has 0 bridgehead atoms. The molecule has 2 N–H and O–H groups in total. The van der Waals surface area contributed by atoms with Gasteiger partial charge in [-0.15, -0.1) is 0 Å². The van der Waals surface area contributed by atoms with Crippen LogP contribution in [-0.2, 0) is 0 Å². The Morgan fingerprint density at radius 1 is 1.57 bits per heavy atom. The number of hydrogen-bond acceptors (Lipinski definition) is 7. The third kappa shape index (κ3) is 4.07. The number of aryl methyl sites for hydroxylation is 1. The fraction of sp³-hybridized carbons (Fsp3) is 0.385. The van der Waals surface area contributed by atoms with Crippen molar-refractivity contribution in [1.82, 2.24) is 15.3 Å². The van der Waals surface area contributed by atoms with Crippen LogP contribution in [0.15, 0.2) is 22.6 Å². The minimum absolute atomic E-state index is 0.0212. The average Bonchev–Trinajstić information content (AvgIpc) is 2.48. The van der Waals surface area contributed by atoms with Crippen LogP contribution in [0.3, 0.4) is 0 Å². The van der Waals surface area contributed by atoms with Gasteiger partial charge in [0.05, 0.1) is 11.5 Å². The first kappa shape index (κ1) is 16.9. The zero-order chi connectivity index (χ0) is 17.0. The second kappa shape index (κ2) is 7.23. The van der Waals surface area contributed by atoms with Crippen molar-refractivity contribution < 1.29 is 14.1 Å². The molecule has 1 aliphatic heterocycles. The molecule has 10 heteroatoms. The fourth-order valence-electron chi connectivity index (χ4n) is 1.96. The highest BCUT2D eigenvalue weighted by Gasteiger charge is 2.23. The minimum Gasteiger partial charge on any atom is -0.464 e. The number of nitro groups is 1. The van der Waals surface area contributed by atoms with Crippen molar-refractivity contribution in [1.29, 1.82) is 0 Å². The van der Waals surface area contributed by atoms with Gasteiger partial charge in [0.15, 0.2) is 5.83 Å². The predicted molar refractivity (Wildman–Crippen MR) is 83.2 cm³/mol. The first-order chi connectivity index (χ1) is 10.9. The molecular formula is C13H15ClFN5O3. The molecule has 0 atom stereocenters. The maximum atomic E-state index is 13.4. The van der Waals surface area contributed by atoms with E-state index in [2.05, 4.69) is 20.6 Å². The predicted octanol–water partition coefficient (Wildman–Crippen LogP) is 2.41. The number of allylic oxidation sites excluding steroid dienone is 2. The quantitative estimate of drug-likeness (QED) is 0.464. The van der Waals surface area contributed by atoms with Gasteiger partial charge in [-0.3, -0.25) is 10.1 Å². The largest absolute Gasteiger partial charge is 0.464 e. The van der Waals surface area contributed by atoms with Crippen LogP contribution in [0.1, 0.15) is 12.6 Å². The smallest absolute Gasteiger partial charge is 0.332 e. The highest BCUT2D eigenvalue weighted by molar-refractivity contribution is 6.29. The summed E-state index contributed by atoms with van der Waals surface area (Å²) in [5.74, 6) is -0.564. The van der Waals surface area contributed by atoms with Crippen LogP contribution in [-0.4, -0.2) is 34.6 Å². The Balaban J connectivity index is 2.24. The van der Waals surface area contributed by atoms with Crippen LogP contribution in [0.5, 0.6) is 6.01 Å². The van der Waals surface area contributed by atoms with Gasteiger partial charge in [0.2, 0.25) is 5.82 Å².